The molecule has 0 aliphatic rings. The van der Waals surface area contributed by atoms with E-state index in [0.29, 0.717) is 13.1 Å². The molecule has 0 unspecified atom stereocenters. The van der Waals surface area contributed by atoms with Crippen molar-refractivity contribution in [3.05, 3.63) is 0 Å². The molecule has 0 atom stereocenters. The lowest BCUT2D eigenvalue weighted by Crippen LogP contribution is -2.59. The first kappa shape index (κ1) is 18.9. The third kappa shape index (κ3) is 3.97. The van der Waals surface area contributed by atoms with Crippen molar-refractivity contribution >= 4 is 5.91 Å². The zero-order chi connectivity index (χ0) is 16.2. The quantitative estimate of drug-likeness (QED) is 0.732. The number of carbonyl (C=O) groups excluding carboxylic acids is 1. The Balaban J connectivity index is 4.68. The Bertz CT molecular complexity index is 326. The highest BCUT2D eigenvalue weighted by molar-refractivity contribution is 5.84. The van der Waals surface area contributed by atoms with E-state index in [1.165, 1.54) is 5.32 Å². The minimum absolute atomic E-state index is 0.0619. The van der Waals surface area contributed by atoms with Crippen LogP contribution < -0.4 is 5.32 Å². The Kier molecular flexibility index (Phi) is 6.25. The highest BCUT2D eigenvalue weighted by atomic mass is 19.4. The van der Waals surface area contributed by atoms with E-state index in [0.717, 1.165) is 0 Å². The van der Waals surface area contributed by atoms with Crippen molar-refractivity contribution in [3.8, 4) is 0 Å². The van der Waals surface area contributed by atoms with E-state index < -0.39 is 30.5 Å². The average molecular weight is 312 g/mol. The Morgan fingerprint density at radius 1 is 1.00 bits per heavy atom. The van der Waals surface area contributed by atoms with Gasteiger partial charge >= 0.3 is 18.0 Å². The molecule has 0 spiro atoms. The molecule has 10 heteroatoms. The van der Waals surface area contributed by atoms with E-state index in [1.807, 2.05) is 0 Å². The van der Waals surface area contributed by atoms with Gasteiger partial charge in [0.15, 0.2) is 0 Å². The molecule has 0 aromatic heterocycles. The number of likely N-dealkylation sites (N-methyl/N-ethyl adjacent to an activating group) is 1. The molecule has 0 saturated heterocycles. The number of nitrogens with zero attached hydrogens (tertiary/aromatic N) is 1. The van der Waals surface area contributed by atoms with Crippen LogP contribution in [0.25, 0.3) is 0 Å². The minimum atomic E-state index is -6.51. The van der Waals surface area contributed by atoms with Crippen molar-refractivity contribution < 1.29 is 35.5 Å². The molecule has 0 heterocycles. The van der Waals surface area contributed by atoms with E-state index in [4.69, 9.17) is 0 Å². The zero-order valence-corrected chi connectivity index (χ0v) is 10.8. The number of hydrogen-bond acceptors (Lipinski definition) is 2. The normalized spacial score (nSPS) is 13.7. The molecular formula is C10H15F7N2O. The molecule has 0 aromatic rings. The van der Waals surface area contributed by atoms with Crippen molar-refractivity contribution in [2.24, 2.45) is 0 Å². The summed E-state index contributed by atoms with van der Waals surface area (Å²) in [5, 5.41) is 1.39. The zero-order valence-electron chi connectivity index (χ0n) is 10.8. The van der Waals surface area contributed by atoms with Gasteiger partial charge in [-0.3, -0.25) is 4.79 Å². The van der Waals surface area contributed by atoms with Crippen molar-refractivity contribution in [2.45, 2.75) is 31.9 Å². The van der Waals surface area contributed by atoms with E-state index in [-0.39, 0.29) is 6.54 Å². The molecule has 0 bridgehead atoms. The molecule has 0 fully saturated rings. The molecule has 0 radical (unpaired) electrons. The second-order valence-corrected chi connectivity index (χ2v) is 3.93. The van der Waals surface area contributed by atoms with Gasteiger partial charge in [-0.25, -0.2) is 0 Å². The summed E-state index contributed by atoms with van der Waals surface area (Å²) in [6, 6.07) is 0. The van der Waals surface area contributed by atoms with Gasteiger partial charge in [0.1, 0.15) is 0 Å². The fraction of sp³-hybridized carbons (Fsp3) is 0.900. The van der Waals surface area contributed by atoms with Gasteiger partial charge in [0.05, 0.1) is 0 Å². The Hall–Kier alpha value is -1.06. The molecule has 0 aromatic carbocycles. The molecular weight excluding hydrogens is 297 g/mol. The number of nitrogens with one attached hydrogen (secondary N) is 1. The lowest BCUT2D eigenvalue weighted by atomic mass is 10.1. The van der Waals surface area contributed by atoms with Crippen LogP contribution in [0.1, 0.15) is 13.8 Å². The molecule has 0 rings (SSSR count). The van der Waals surface area contributed by atoms with E-state index in [9.17, 15) is 35.5 Å². The van der Waals surface area contributed by atoms with Gasteiger partial charge in [0.25, 0.3) is 5.91 Å². The predicted octanol–water partition coefficient (Wildman–Crippen LogP) is 2.28. The molecule has 0 aliphatic heterocycles. The van der Waals surface area contributed by atoms with Gasteiger partial charge in [0, 0.05) is 13.1 Å². The van der Waals surface area contributed by atoms with Crippen molar-refractivity contribution in [2.75, 3.05) is 26.2 Å². The third-order valence-corrected chi connectivity index (χ3v) is 2.64. The lowest BCUT2D eigenvalue weighted by molar-refractivity contribution is -0.344. The Morgan fingerprint density at radius 3 is 1.80 bits per heavy atom. The summed E-state index contributed by atoms with van der Waals surface area (Å²) in [5.41, 5.74) is 0. The first-order chi connectivity index (χ1) is 8.91. The molecule has 0 saturated carbocycles. The van der Waals surface area contributed by atoms with Crippen LogP contribution in [0, 0.1) is 0 Å². The minimum Gasteiger partial charge on any atom is -0.349 e. The summed E-state index contributed by atoms with van der Waals surface area (Å²) in [6.45, 7) is 4.11. The first-order valence-corrected chi connectivity index (χ1v) is 5.74. The average Bonchev–Trinajstić information content (AvgIpc) is 2.32. The summed E-state index contributed by atoms with van der Waals surface area (Å²) in [4.78, 5) is 12.5. The van der Waals surface area contributed by atoms with Crippen LogP contribution in [0.5, 0.6) is 0 Å². The van der Waals surface area contributed by atoms with Crippen molar-refractivity contribution in [1.29, 1.82) is 0 Å². The highest BCUT2D eigenvalue weighted by Crippen LogP contribution is 2.46. The van der Waals surface area contributed by atoms with Crippen LogP contribution in [-0.4, -0.2) is 55.0 Å². The van der Waals surface area contributed by atoms with Crippen LogP contribution >= 0.6 is 0 Å². The molecule has 120 valence electrons. The van der Waals surface area contributed by atoms with Crippen LogP contribution in [0.4, 0.5) is 30.7 Å². The summed E-state index contributed by atoms with van der Waals surface area (Å²) in [6.07, 6.45) is -6.51. The molecule has 3 nitrogen and oxygen atoms in total. The number of rotatable bonds is 7. The van der Waals surface area contributed by atoms with Crippen LogP contribution in [0.3, 0.4) is 0 Å². The van der Waals surface area contributed by atoms with Crippen LogP contribution in [0.2, 0.25) is 0 Å². The Morgan fingerprint density at radius 2 is 1.45 bits per heavy atom. The maximum Gasteiger partial charge on any atom is 0.460 e. The summed E-state index contributed by atoms with van der Waals surface area (Å²) in [7, 11) is 0. The second-order valence-electron chi connectivity index (χ2n) is 3.93. The molecule has 20 heavy (non-hydrogen) atoms. The molecule has 0 aliphatic carbocycles. The van der Waals surface area contributed by atoms with Crippen LogP contribution in [0.15, 0.2) is 0 Å². The predicted molar refractivity (Wildman–Crippen MR) is 56.7 cm³/mol. The lowest BCUT2D eigenvalue weighted by Gasteiger charge is -2.27. The second kappa shape index (κ2) is 6.59. The largest absolute Gasteiger partial charge is 0.460 e. The summed E-state index contributed by atoms with van der Waals surface area (Å²) in [5.74, 6) is -14.9. The van der Waals surface area contributed by atoms with Gasteiger partial charge in [0.2, 0.25) is 0 Å². The fourth-order valence-electron chi connectivity index (χ4n) is 1.30. The first-order valence-electron chi connectivity index (χ1n) is 5.74. The van der Waals surface area contributed by atoms with E-state index in [1.54, 1.807) is 18.7 Å². The topological polar surface area (TPSA) is 32.3 Å². The highest BCUT2D eigenvalue weighted by Gasteiger charge is 2.76. The number of carbonyl (C=O) groups is 1. The van der Waals surface area contributed by atoms with Crippen molar-refractivity contribution in [1.82, 2.24) is 10.2 Å². The third-order valence-electron chi connectivity index (χ3n) is 2.64. The molecule has 1 amide bonds. The SMILES string of the molecule is CCN(CC)CCNC(=O)C(F)(F)C(F)(F)C(F)(F)F. The van der Waals surface area contributed by atoms with Crippen molar-refractivity contribution in [3.63, 3.8) is 0 Å². The number of hydrogen-bond donors (Lipinski definition) is 1. The fourth-order valence-corrected chi connectivity index (χ4v) is 1.30. The van der Waals surface area contributed by atoms with Gasteiger partial charge in [-0.15, -0.1) is 0 Å². The van der Waals surface area contributed by atoms with Gasteiger partial charge in [-0.05, 0) is 13.1 Å². The van der Waals surface area contributed by atoms with Gasteiger partial charge < -0.3 is 10.2 Å². The smallest absolute Gasteiger partial charge is 0.349 e. The molecule has 1 N–H and O–H groups in total. The monoisotopic (exact) mass is 312 g/mol. The summed E-state index contributed by atoms with van der Waals surface area (Å²) >= 11 is 0. The maximum absolute atomic E-state index is 12.9. The van der Waals surface area contributed by atoms with E-state index in [2.05, 4.69) is 0 Å². The number of amides is 1. The van der Waals surface area contributed by atoms with Crippen LogP contribution in [-0.2, 0) is 4.79 Å². The number of halogens is 7. The number of alkyl halides is 7. The maximum atomic E-state index is 12.9. The summed E-state index contributed by atoms with van der Waals surface area (Å²) < 4.78 is 86.3. The standard InChI is InChI=1S/C10H15F7N2O/c1-3-19(4-2)6-5-18-7(20)8(11,12)9(13,14)10(15,16)17/h3-6H2,1-2H3,(H,18,20). The van der Waals surface area contributed by atoms with Gasteiger partial charge in [-0.2, -0.15) is 30.7 Å². The Labute approximate surface area is 111 Å². The van der Waals surface area contributed by atoms with E-state index >= 15 is 0 Å². The van der Waals surface area contributed by atoms with Gasteiger partial charge in [-0.1, -0.05) is 13.8 Å².